The number of fused-ring (bicyclic) bond motifs is 1. The molecular formula is C18H22N4O3. The van der Waals surface area contributed by atoms with Gasteiger partial charge in [0, 0.05) is 18.0 Å². The summed E-state index contributed by atoms with van der Waals surface area (Å²) in [6.07, 6.45) is 4.22. The largest absolute Gasteiger partial charge is 0.364 e. The van der Waals surface area contributed by atoms with E-state index in [1.807, 2.05) is 6.92 Å². The maximum atomic E-state index is 12.7. The third kappa shape index (κ3) is 3.26. The topological polar surface area (TPSA) is 98.3 Å². The van der Waals surface area contributed by atoms with Crippen LogP contribution in [0.25, 0.3) is 10.8 Å². The lowest BCUT2D eigenvalue weighted by Gasteiger charge is -2.27. The van der Waals surface area contributed by atoms with Crippen LogP contribution >= 0.6 is 0 Å². The van der Waals surface area contributed by atoms with Crippen LogP contribution in [0.2, 0.25) is 0 Å². The van der Waals surface area contributed by atoms with Gasteiger partial charge in [0.1, 0.15) is 6.54 Å². The standard InChI is InChI=1S/C18H22N4O3/c1-2-21(12-7-3-4-8-12)15(23)11-22-18(25)14-10-6-5-9-13(14)16(20-22)17(19)24/h5-6,9-10,12H,2-4,7-8,11H2,1H3,(H2,19,24). The number of hydrogen-bond acceptors (Lipinski definition) is 4. The van der Waals surface area contributed by atoms with E-state index in [0.717, 1.165) is 30.4 Å². The number of amides is 2. The summed E-state index contributed by atoms with van der Waals surface area (Å²) in [6.45, 7) is 2.34. The molecule has 3 rings (SSSR count). The van der Waals surface area contributed by atoms with Crippen LogP contribution in [0.15, 0.2) is 29.1 Å². The lowest BCUT2D eigenvalue weighted by molar-refractivity contribution is -0.134. The molecule has 2 aromatic rings. The van der Waals surface area contributed by atoms with Crippen molar-refractivity contribution < 1.29 is 9.59 Å². The van der Waals surface area contributed by atoms with Crippen molar-refractivity contribution in [3.63, 3.8) is 0 Å². The Bertz CT molecular complexity index is 868. The number of nitrogens with two attached hydrogens (primary N) is 1. The highest BCUT2D eigenvalue weighted by molar-refractivity contribution is 6.04. The monoisotopic (exact) mass is 342 g/mol. The van der Waals surface area contributed by atoms with Crippen molar-refractivity contribution in [1.82, 2.24) is 14.7 Å². The molecule has 0 aliphatic heterocycles. The number of benzene rings is 1. The number of hydrogen-bond donors (Lipinski definition) is 1. The quantitative estimate of drug-likeness (QED) is 0.885. The van der Waals surface area contributed by atoms with Gasteiger partial charge in [0.25, 0.3) is 11.5 Å². The predicted octanol–water partition coefficient (Wildman–Crippen LogP) is 1.29. The first-order chi connectivity index (χ1) is 12.0. The third-order valence-electron chi connectivity index (χ3n) is 4.81. The molecule has 0 unspecified atom stereocenters. The summed E-state index contributed by atoms with van der Waals surface area (Å²) in [5, 5.41) is 4.81. The summed E-state index contributed by atoms with van der Waals surface area (Å²) in [7, 11) is 0. The van der Waals surface area contributed by atoms with Gasteiger partial charge in [0.15, 0.2) is 5.69 Å². The molecule has 0 bridgehead atoms. The van der Waals surface area contributed by atoms with Gasteiger partial charge in [-0.2, -0.15) is 5.10 Å². The Morgan fingerprint density at radius 1 is 1.24 bits per heavy atom. The molecule has 1 saturated carbocycles. The Morgan fingerprint density at radius 3 is 2.48 bits per heavy atom. The van der Waals surface area contributed by atoms with Crippen LogP contribution in [0.3, 0.4) is 0 Å². The summed E-state index contributed by atoms with van der Waals surface area (Å²) >= 11 is 0. The number of likely N-dealkylation sites (N-methyl/N-ethyl adjacent to an activating group) is 1. The minimum absolute atomic E-state index is 0.00640. The molecule has 1 aromatic carbocycles. The molecule has 0 radical (unpaired) electrons. The summed E-state index contributed by atoms with van der Waals surface area (Å²) in [4.78, 5) is 38.9. The van der Waals surface area contributed by atoms with E-state index in [2.05, 4.69) is 5.10 Å². The molecule has 7 nitrogen and oxygen atoms in total. The molecule has 2 amide bonds. The molecule has 2 N–H and O–H groups in total. The molecule has 25 heavy (non-hydrogen) atoms. The van der Waals surface area contributed by atoms with E-state index in [1.54, 1.807) is 29.2 Å². The van der Waals surface area contributed by atoms with E-state index < -0.39 is 11.5 Å². The minimum Gasteiger partial charge on any atom is -0.364 e. The van der Waals surface area contributed by atoms with E-state index in [4.69, 9.17) is 5.73 Å². The molecule has 132 valence electrons. The van der Waals surface area contributed by atoms with Crippen molar-refractivity contribution in [1.29, 1.82) is 0 Å². The first-order valence-corrected chi connectivity index (χ1v) is 8.62. The smallest absolute Gasteiger partial charge is 0.275 e. The van der Waals surface area contributed by atoms with Crippen molar-refractivity contribution in [2.45, 2.75) is 45.2 Å². The number of primary amides is 1. The molecular weight excluding hydrogens is 320 g/mol. The SMILES string of the molecule is CCN(C(=O)Cn1nc(C(N)=O)c2ccccc2c1=O)C1CCCC1. The van der Waals surface area contributed by atoms with E-state index in [1.165, 1.54) is 0 Å². The summed E-state index contributed by atoms with van der Waals surface area (Å²) in [6, 6.07) is 6.89. The Balaban J connectivity index is 1.98. The Morgan fingerprint density at radius 2 is 1.88 bits per heavy atom. The molecule has 1 aromatic heterocycles. The molecule has 1 heterocycles. The van der Waals surface area contributed by atoms with Crippen LogP contribution in [-0.2, 0) is 11.3 Å². The Labute approximate surface area is 145 Å². The van der Waals surface area contributed by atoms with Gasteiger partial charge in [-0.1, -0.05) is 31.0 Å². The number of carbonyl (C=O) groups excluding carboxylic acids is 2. The van der Waals surface area contributed by atoms with Crippen LogP contribution in [0.4, 0.5) is 0 Å². The lowest BCUT2D eigenvalue weighted by atomic mass is 10.1. The molecule has 0 atom stereocenters. The highest BCUT2D eigenvalue weighted by atomic mass is 16.2. The second-order valence-corrected chi connectivity index (χ2v) is 6.34. The van der Waals surface area contributed by atoms with Gasteiger partial charge in [-0.05, 0) is 25.8 Å². The molecule has 0 spiro atoms. The van der Waals surface area contributed by atoms with Crippen LogP contribution in [-0.4, -0.2) is 39.1 Å². The first-order valence-electron chi connectivity index (χ1n) is 8.62. The average molecular weight is 342 g/mol. The van der Waals surface area contributed by atoms with Gasteiger partial charge < -0.3 is 10.6 Å². The summed E-state index contributed by atoms with van der Waals surface area (Å²) in [5.41, 5.74) is 5.02. The van der Waals surface area contributed by atoms with Gasteiger partial charge in [0.05, 0.1) is 5.39 Å². The zero-order valence-corrected chi connectivity index (χ0v) is 14.3. The van der Waals surface area contributed by atoms with Gasteiger partial charge in [0.2, 0.25) is 5.91 Å². The van der Waals surface area contributed by atoms with Crippen molar-refractivity contribution in [3.05, 3.63) is 40.3 Å². The van der Waals surface area contributed by atoms with Crippen molar-refractivity contribution in [2.75, 3.05) is 6.54 Å². The van der Waals surface area contributed by atoms with Crippen molar-refractivity contribution >= 4 is 22.6 Å². The zero-order chi connectivity index (χ0) is 18.0. The summed E-state index contributed by atoms with van der Waals surface area (Å²) < 4.78 is 1.06. The van der Waals surface area contributed by atoms with E-state index in [9.17, 15) is 14.4 Å². The fourth-order valence-corrected chi connectivity index (χ4v) is 3.60. The number of carbonyl (C=O) groups is 2. The minimum atomic E-state index is -0.722. The van der Waals surface area contributed by atoms with Crippen LogP contribution in [0.5, 0.6) is 0 Å². The molecule has 0 saturated heterocycles. The van der Waals surface area contributed by atoms with Gasteiger partial charge in [-0.15, -0.1) is 0 Å². The van der Waals surface area contributed by atoms with E-state index >= 15 is 0 Å². The lowest BCUT2D eigenvalue weighted by Crippen LogP contribution is -2.42. The fraction of sp³-hybridized carbons (Fsp3) is 0.444. The number of nitrogens with zero attached hydrogens (tertiary/aromatic N) is 3. The number of aromatic nitrogens is 2. The Hall–Kier alpha value is -2.70. The normalized spacial score (nSPS) is 14.8. The average Bonchev–Trinajstić information content (AvgIpc) is 3.12. The molecule has 1 aliphatic rings. The molecule has 1 fully saturated rings. The van der Waals surface area contributed by atoms with Crippen molar-refractivity contribution in [2.24, 2.45) is 5.73 Å². The molecule has 7 heteroatoms. The van der Waals surface area contributed by atoms with Crippen LogP contribution in [0.1, 0.15) is 43.1 Å². The van der Waals surface area contributed by atoms with Gasteiger partial charge in [-0.3, -0.25) is 14.4 Å². The van der Waals surface area contributed by atoms with E-state index in [0.29, 0.717) is 17.3 Å². The maximum absolute atomic E-state index is 12.7. The third-order valence-corrected chi connectivity index (χ3v) is 4.81. The van der Waals surface area contributed by atoms with Crippen LogP contribution in [0, 0.1) is 0 Å². The van der Waals surface area contributed by atoms with Crippen LogP contribution < -0.4 is 11.3 Å². The fourth-order valence-electron chi connectivity index (χ4n) is 3.60. The van der Waals surface area contributed by atoms with Gasteiger partial charge >= 0.3 is 0 Å². The highest BCUT2D eigenvalue weighted by Gasteiger charge is 2.26. The van der Waals surface area contributed by atoms with E-state index in [-0.39, 0.29) is 24.2 Å². The molecule has 1 aliphatic carbocycles. The maximum Gasteiger partial charge on any atom is 0.275 e. The predicted molar refractivity (Wildman–Crippen MR) is 94.2 cm³/mol. The van der Waals surface area contributed by atoms with Crippen molar-refractivity contribution in [3.8, 4) is 0 Å². The Kier molecular flexibility index (Phi) is 4.83. The zero-order valence-electron chi connectivity index (χ0n) is 14.3. The van der Waals surface area contributed by atoms with Gasteiger partial charge in [-0.25, -0.2) is 4.68 Å². The first kappa shape index (κ1) is 17.1. The number of rotatable bonds is 5. The second-order valence-electron chi connectivity index (χ2n) is 6.34. The second kappa shape index (κ2) is 7.04. The summed E-state index contributed by atoms with van der Waals surface area (Å²) in [5.74, 6) is -0.879. The highest BCUT2D eigenvalue weighted by Crippen LogP contribution is 2.23.